The lowest BCUT2D eigenvalue weighted by molar-refractivity contribution is -0.116. The van der Waals surface area contributed by atoms with Gasteiger partial charge < -0.3 is 15.2 Å². The van der Waals surface area contributed by atoms with Gasteiger partial charge in [-0.1, -0.05) is 11.6 Å². The fraction of sp³-hybridized carbons (Fsp3) is 0.286. The second-order valence-corrected chi connectivity index (χ2v) is 5.34. The number of hydrogen-bond acceptors (Lipinski definition) is 4. The predicted octanol–water partition coefficient (Wildman–Crippen LogP) is 2.26. The van der Waals surface area contributed by atoms with E-state index in [1.807, 2.05) is 0 Å². The zero-order chi connectivity index (χ0) is 15.1. The molecule has 2 N–H and O–H groups in total. The van der Waals surface area contributed by atoms with Gasteiger partial charge in [0.15, 0.2) is 11.5 Å². The molecule has 6 nitrogen and oxygen atoms in total. The zero-order valence-electron chi connectivity index (χ0n) is 11.6. The number of amides is 1. The summed E-state index contributed by atoms with van der Waals surface area (Å²) in [5.41, 5.74) is 1.72. The van der Waals surface area contributed by atoms with E-state index >= 15 is 0 Å². The van der Waals surface area contributed by atoms with Crippen molar-refractivity contribution in [2.45, 2.75) is 12.3 Å². The lowest BCUT2D eigenvalue weighted by Crippen LogP contribution is -2.24. The van der Waals surface area contributed by atoms with Crippen LogP contribution in [0.3, 0.4) is 0 Å². The Morgan fingerprint density at radius 3 is 3.00 bits per heavy atom. The van der Waals surface area contributed by atoms with Gasteiger partial charge in [0.25, 0.3) is 0 Å². The molecule has 0 fully saturated rings. The van der Waals surface area contributed by atoms with Crippen LogP contribution in [-0.4, -0.2) is 27.9 Å². The van der Waals surface area contributed by atoms with Crippen LogP contribution in [-0.2, 0) is 11.8 Å². The van der Waals surface area contributed by atoms with E-state index in [-0.39, 0.29) is 28.3 Å². The number of aryl methyl sites for hydroxylation is 1. The number of hydrogen-bond donors (Lipinski definition) is 2. The number of ether oxygens (including phenoxy) is 1. The monoisotopic (exact) mass is 307 g/mol. The molecule has 1 amide bonds. The van der Waals surface area contributed by atoms with Crippen molar-refractivity contribution >= 4 is 23.3 Å². The van der Waals surface area contributed by atoms with Gasteiger partial charge in [0, 0.05) is 24.9 Å². The van der Waals surface area contributed by atoms with E-state index in [1.54, 1.807) is 30.1 Å². The molecule has 110 valence electrons. The summed E-state index contributed by atoms with van der Waals surface area (Å²) in [6, 6.07) is 3.35. The van der Waals surface area contributed by atoms with E-state index in [9.17, 15) is 9.90 Å². The molecule has 2 aromatic rings. The summed E-state index contributed by atoms with van der Waals surface area (Å²) in [5, 5.41) is 17.0. The first-order valence-electron chi connectivity index (χ1n) is 6.39. The second-order valence-electron chi connectivity index (χ2n) is 4.93. The van der Waals surface area contributed by atoms with Gasteiger partial charge in [0.2, 0.25) is 5.91 Å². The fourth-order valence-corrected chi connectivity index (χ4v) is 2.81. The van der Waals surface area contributed by atoms with Crippen molar-refractivity contribution in [3.63, 3.8) is 0 Å². The Labute approximate surface area is 126 Å². The number of phenols is 1. The van der Waals surface area contributed by atoms with Gasteiger partial charge in [-0.25, -0.2) is 0 Å². The van der Waals surface area contributed by atoms with Crippen LogP contribution in [0.25, 0.3) is 0 Å². The summed E-state index contributed by atoms with van der Waals surface area (Å²) in [4.78, 5) is 11.9. The van der Waals surface area contributed by atoms with Crippen molar-refractivity contribution in [2.75, 3.05) is 12.4 Å². The third-order valence-electron chi connectivity index (χ3n) is 3.66. The number of carbonyl (C=O) groups is 1. The van der Waals surface area contributed by atoms with Crippen molar-refractivity contribution in [3.05, 3.63) is 34.5 Å². The van der Waals surface area contributed by atoms with Crippen LogP contribution in [0.1, 0.15) is 23.5 Å². The Morgan fingerprint density at radius 1 is 1.52 bits per heavy atom. The number of phenolic OH excluding ortho intramolecular Hbond substituents is 1. The van der Waals surface area contributed by atoms with Crippen LogP contribution in [0, 0.1) is 0 Å². The predicted molar refractivity (Wildman–Crippen MR) is 78.0 cm³/mol. The molecule has 1 aliphatic heterocycles. The maximum Gasteiger partial charge on any atom is 0.226 e. The molecule has 0 radical (unpaired) electrons. The number of nitrogens with one attached hydrogen (secondary N) is 1. The first-order chi connectivity index (χ1) is 10.0. The topological polar surface area (TPSA) is 76.4 Å². The Morgan fingerprint density at radius 2 is 2.29 bits per heavy atom. The minimum Gasteiger partial charge on any atom is -0.503 e. The number of benzene rings is 1. The largest absolute Gasteiger partial charge is 0.503 e. The van der Waals surface area contributed by atoms with Gasteiger partial charge in [0.1, 0.15) is 5.82 Å². The highest BCUT2D eigenvalue weighted by Crippen LogP contribution is 2.42. The van der Waals surface area contributed by atoms with Crippen LogP contribution in [0.5, 0.6) is 11.5 Å². The fourth-order valence-electron chi connectivity index (χ4n) is 2.59. The number of halogens is 1. The Balaban J connectivity index is 2.13. The molecule has 0 bridgehead atoms. The summed E-state index contributed by atoms with van der Waals surface area (Å²) in [6.45, 7) is 0. The maximum atomic E-state index is 11.9. The van der Waals surface area contributed by atoms with Crippen molar-refractivity contribution in [3.8, 4) is 11.5 Å². The number of methoxy groups -OCH3 is 1. The number of rotatable bonds is 2. The molecule has 0 aliphatic carbocycles. The highest BCUT2D eigenvalue weighted by Gasteiger charge is 2.30. The molecule has 3 rings (SSSR count). The van der Waals surface area contributed by atoms with Crippen molar-refractivity contribution in [1.82, 2.24) is 9.78 Å². The molecule has 1 aromatic heterocycles. The standard InChI is InChI=1S/C14H14ClN3O3/c1-18-14-9(6-16-18)8(5-12(19)17-14)7-3-10(15)13(20)11(4-7)21-2/h3-4,6,8,20H,5H2,1-2H3,(H,17,19). The van der Waals surface area contributed by atoms with Crippen LogP contribution < -0.4 is 10.1 Å². The summed E-state index contributed by atoms with van der Waals surface area (Å²) in [5.74, 6) is 0.608. The van der Waals surface area contributed by atoms with E-state index < -0.39 is 0 Å². The van der Waals surface area contributed by atoms with Gasteiger partial charge in [-0.2, -0.15) is 5.10 Å². The van der Waals surface area contributed by atoms with E-state index in [0.717, 1.165) is 11.1 Å². The van der Waals surface area contributed by atoms with Crippen LogP contribution in [0.15, 0.2) is 18.3 Å². The number of fused-ring (bicyclic) bond motifs is 1. The SMILES string of the molecule is COc1cc(C2CC(=O)Nc3c2cnn3C)cc(Cl)c1O. The molecule has 21 heavy (non-hydrogen) atoms. The lowest BCUT2D eigenvalue weighted by atomic mass is 9.87. The molecule has 0 saturated heterocycles. The first-order valence-corrected chi connectivity index (χ1v) is 6.77. The third-order valence-corrected chi connectivity index (χ3v) is 3.95. The van der Waals surface area contributed by atoms with Crippen LogP contribution >= 0.6 is 11.6 Å². The molecule has 7 heteroatoms. The number of carbonyl (C=O) groups excluding carboxylic acids is 1. The minimum atomic E-state index is -0.172. The minimum absolute atomic E-state index is 0.0840. The number of aromatic hydroxyl groups is 1. The van der Waals surface area contributed by atoms with Crippen LogP contribution in [0.4, 0.5) is 5.82 Å². The third kappa shape index (κ3) is 2.21. The average Bonchev–Trinajstić information content (AvgIpc) is 2.82. The number of nitrogens with zero attached hydrogens (tertiary/aromatic N) is 2. The normalized spacial score (nSPS) is 17.3. The van der Waals surface area contributed by atoms with Gasteiger partial charge in [0.05, 0.1) is 18.3 Å². The highest BCUT2D eigenvalue weighted by atomic mass is 35.5. The Kier molecular flexibility index (Phi) is 3.25. The Bertz CT molecular complexity index is 726. The van der Waals surface area contributed by atoms with Gasteiger partial charge in [-0.15, -0.1) is 0 Å². The molecule has 1 aromatic carbocycles. The van der Waals surface area contributed by atoms with E-state index in [2.05, 4.69) is 10.4 Å². The van der Waals surface area contributed by atoms with Gasteiger partial charge in [-0.05, 0) is 17.7 Å². The number of anilines is 1. The second kappa shape index (κ2) is 4.96. The maximum absolute atomic E-state index is 11.9. The average molecular weight is 308 g/mol. The summed E-state index contributed by atoms with van der Waals surface area (Å²) in [7, 11) is 3.23. The molecule has 2 heterocycles. The van der Waals surface area contributed by atoms with Crippen molar-refractivity contribution in [1.29, 1.82) is 0 Å². The van der Waals surface area contributed by atoms with Gasteiger partial charge in [-0.3, -0.25) is 9.48 Å². The number of aromatic nitrogens is 2. The highest BCUT2D eigenvalue weighted by molar-refractivity contribution is 6.32. The quantitative estimate of drug-likeness (QED) is 0.892. The molecular weight excluding hydrogens is 294 g/mol. The molecule has 0 saturated carbocycles. The summed E-state index contributed by atoms with van der Waals surface area (Å²) < 4.78 is 6.75. The molecule has 1 aliphatic rings. The smallest absolute Gasteiger partial charge is 0.226 e. The van der Waals surface area contributed by atoms with E-state index in [1.165, 1.54) is 7.11 Å². The zero-order valence-corrected chi connectivity index (χ0v) is 12.3. The summed E-state index contributed by atoms with van der Waals surface area (Å²) in [6.07, 6.45) is 2.02. The van der Waals surface area contributed by atoms with Gasteiger partial charge >= 0.3 is 0 Å². The molecule has 1 atom stereocenters. The summed E-state index contributed by atoms with van der Waals surface area (Å²) >= 11 is 6.03. The molecular formula is C14H14ClN3O3. The lowest BCUT2D eigenvalue weighted by Gasteiger charge is -2.24. The van der Waals surface area contributed by atoms with E-state index in [4.69, 9.17) is 16.3 Å². The Hall–Kier alpha value is -2.21. The van der Waals surface area contributed by atoms with E-state index in [0.29, 0.717) is 12.2 Å². The van der Waals surface area contributed by atoms with Crippen molar-refractivity contribution in [2.24, 2.45) is 7.05 Å². The molecule has 0 spiro atoms. The van der Waals surface area contributed by atoms with Crippen molar-refractivity contribution < 1.29 is 14.6 Å². The molecule has 1 unspecified atom stereocenters. The first kappa shape index (κ1) is 13.8. The van der Waals surface area contributed by atoms with Crippen LogP contribution in [0.2, 0.25) is 5.02 Å².